The Bertz CT molecular complexity index is 332. The first-order valence-corrected chi connectivity index (χ1v) is 7.06. The monoisotopic (exact) mass is 238 g/mol. The van der Waals surface area contributed by atoms with Crippen molar-refractivity contribution in [2.24, 2.45) is 17.6 Å². The summed E-state index contributed by atoms with van der Waals surface area (Å²) in [6.45, 7) is 8.85. The fraction of sp³-hybridized carbons (Fsp3) is 0.692. The zero-order valence-electron chi connectivity index (χ0n) is 10.3. The molecule has 1 atom stereocenters. The summed E-state index contributed by atoms with van der Waals surface area (Å²) in [6, 6.07) is 2.28. The first kappa shape index (κ1) is 12.1. The molecular formula is C13H22N2S. The lowest BCUT2D eigenvalue weighted by atomic mass is 9.94. The third kappa shape index (κ3) is 2.65. The van der Waals surface area contributed by atoms with Crippen molar-refractivity contribution < 1.29 is 0 Å². The van der Waals surface area contributed by atoms with E-state index in [2.05, 4.69) is 30.2 Å². The first-order chi connectivity index (χ1) is 7.70. The fourth-order valence-corrected chi connectivity index (χ4v) is 3.24. The summed E-state index contributed by atoms with van der Waals surface area (Å²) in [6.07, 6.45) is 1.22. The Morgan fingerprint density at radius 2 is 2.31 bits per heavy atom. The van der Waals surface area contributed by atoms with E-state index in [1.165, 1.54) is 18.5 Å². The Labute approximate surface area is 102 Å². The molecule has 1 aliphatic heterocycles. The topological polar surface area (TPSA) is 29.3 Å². The van der Waals surface area contributed by atoms with Crippen LogP contribution in [0.15, 0.2) is 11.4 Å². The normalized spacial score (nSPS) is 18.8. The van der Waals surface area contributed by atoms with Crippen molar-refractivity contribution in [2.75, 3.05) is 19.6 Å². The van der Waals surface area contributed by atoms with Crippen molar-refractivity contribution in [3.63, 3.8) is 0 Å². The van der Waals surface area contributed by atoms with Gasteiger partial charge in [-0.25, -0.2) is 0 Å². The maximum Gasteiger partial charge on any atom is 0.0245 e. The molecular weight excluding hydrogens is 216 g/mol. The van der Waals surface area contributed by atoms with Gasteiger partial charge in [-0.05, 0) is 41.8 Å². The zero-order valence-corrected chi connectivity index (χ0v) is 11.1. The number of rotatable bonds is 4. The molecule has 0 bridgehead atoms. The minimum absolute atomic E-state index is 0.639. The maximum absolute atomic E-state index is 5.84. The van der Waals surface area contributed by atoms with Gasteiger partial charge in [-0.2, -0.15) is 0 Å². The van der Waals surface area contributed by atoms with Gasteiger partial charge < -0.3 is 5.73 Å². The van der Waals surface area contributed by atoms with Crippen molar-refractivity contribution in [1.82, 2.24) is 4.90 Å². The molecule has 0 saturated carbocycles. The van der Waals surface area contributed by atoms with Crippen LogP contribution in [0, 0.1) is 11.8 Å². The van der Waals surface area contributed by atoms with Crippen LogP contribution < -0.4 is 5.73 Å². The van der Waals surface area contributed by atoms with E-state index in [4.69, 9.17) is 5.73 Å². The van der Waals surface area contributed by atoms with Gasteiger partial charge in [0.15, 0.2) is 0 Å². The third-order valence-electron chi connectivity index (χ3n) is 3.62. The van der Waals surface area contributed by atoms with Crippen molar-refractivity contribution in [3.05, 3.63) is 21.9 Å². The van der Waals surface area contributed by atoms with Crippen LogP contribution in [0.4, 0.5) is 0 Å². The molecule has 0 spiro atoms. The van der Waals surface area contributed by atoms with Gasteiger partial charge >= 0.3 is 0 Å². The second-order valence-electron chi connectivity index (χ2n) is 5.09. The smallest absolute Gasteiger partial charge is 0.0245 e. The molecule has 1 aromatic rings. The molecule has 1 aliphatic rings. The van der Waals surface area contributed by atoms with E-state index in [-0.39, 0.29) is 0 Å². The average molecular weight is 238 g/mol. The summed E-state index contributed by atoms with van der Waals surface area (Å²) in [4.78, 5) is 4.15. The van der Waals surface area contributed by atoms with Crippen LogP contribution in [0.5, 0.6) is 0 Å². The lowest BCUT2D eigenvalue weighted by Gasteiger charge is -2.31. The van der Waals surface area contributed by atoms with Crippen LogP contribution in [0.3, 0.4) is 0 Å². The molecule has 2 rings (SSSR count). The van der Waals surface area contributed by atoms with Gasteiger partial charge in [0, 0.05) is 24.5 Å². The predicted octanol–water partition coefficient (Wildman–Crippen LogP) is 2.34. The molecule has 0 radical (unpaired) electrons. The van der Waals surface area contributed by atoms with Crippen LogP contribution in [0.2, 0.25) is 0 Å². The second-order valence-corrected chi connectivity index (χ2v) is 6.09. The van der Waals surface area contributed by atoms with Crippen LogP contribution in [-0.2, 0) is 13.0 Å². The summed E-state index contributed by atoms with van der Waals surface area (Å²) in [5, 5.41) is 2.22. The van der Waals surface area contributed by atoms with Gasteiger partial charge in [0.05, 0.1) is 0 Å². The highest BCUT2D eigenvalue weighted by atomic mass is 32.1. The molecule has 0 fully saturated rings. The molecule has 2 nitrogen and oxygen atoms in total. The van der Waals surface area contributed by atoms with E-state index in [0.717, 1.165) is 19.6 Å². The Morgan fingerprint density at radius 1 is 1.50 bits per heavy atom. The van der Waals surface area contributed by atoms with E-state index in [0.29, 0.717) is 11.8 Å². The largest absolute Gasteiger partial charge is 0.330 e. The van der Waals surface area contributed by atoms with E-state index >= 15 is 0 Å². The van der Waals surface area contributed by atoms with Gasteiger partial charge in [0.2, 0.25) is 0 Å². The minimum Gasteiger partial charge on any atom is -0.330 e. The lowest BCUT2D eigenvalue weighted by molar-refractivity contribution is 0.191. The lowest BCUT2D eigenvalue weighted by Crippen LogP contribution is -2.38. The highest BCUT2D eigenvalue weighted by Crippen LogP contribution is 2.25. The Balaban J connectivity index is 1.93. The van der Waals surface area contributed by atoms with Gasteiger partial charge in [0.1, 0.15) is 0 Å². The molecule has 1 unspecified atom stereocenters. The molecule has 0 aromatic carbocycles. The van der Waals surface area contributed by atoms with Crippen LogP contribution >= 0.6 is 11.3 Å². The van der Waals surface area contributed by atoms with Gasteiger partial charge in [-0.3, -0.25) is 4.90 Å². The van der Waals surface area contributed by atoms with Gasteiger partial charge in [-0.1, -0.05) is 13.8 Å². The van der Waals surface area contributed by atoms with E-state index in [1.54, 1.807) is 4.88 Å². The standard InChI is InChI=1S/C13H22N2S/c1-10(2)12(7-14)9-15-5-3-13-11(8-15)4-6-16-13/h4,6,10,12H,3,5,7-9,14H2,1-2H3. The highest BCUT2D eigenvalue weighted by molar-refractivity contribution is 7.10. The molecule has 2 heterocycles. The van der Waals surface area contributed by atoms with Crippen LogP contribution in [0.25, 0.3) is 0 Å². The molecule has 90 valence electrons. The molecule has 2 N–H and O–H groups in total. The third-order valence-corrected chi connectivity index (χ3v) is 4.65. The summed E-state index contributed by atoms with van der Waals surface area (Å²) >= 11 is 1.91. The number of nitrogens with two attached hydrogens (primary N) is 1. The number of hydrogen-bond acceptors (Lipinski definition) is 3. The van der Waals surface area contributed by atoms with Crippen molar-refractivity contribution >= 4 is 11.3 Å². The molecule has 0 aliphatic carbocycles. The SMILES string of the molecule is CC(C)C(CN)CN1CCc2sccc2C1. The van der Waals surface area contributed by atoms with Gasteiger partial charge in [-0.15, -0.1) is 11.3 Å². The van der Waals surface area contributed by atoms with Crippen LogP contribution in [-0.4, -0.2) is 24.5 Å². The predicted molar refractivity (Wildman–Crippen MR) is 70.7 cm³/mol. The quantitative estimate of drug-likeness (QED) is 0.872. The van der Waals surface area contributed by atoms with Crippen LogP contribution in [0.1, 0.15) is 24.3 Å². The summed E-state index contributed by atoms with van der Waals surface area (Å²) < 4.78 is 0. The molecule has 0 amide bonds. The number of fused-ring (bicyclic) bond motifs is 1. The molecule has 1 aromatic heterocycles. The van der Waals surface area contributed by atoms with E-state index in [1.807, 2.05) is 11.3 Å². The summed E-state index contributed by atoms with van der Waals surface area (Å²) in [7, 11) is 0. The molecule has 0 saturated heterocycles. The average Bonchev–Trinajstić information content (AvgIpc) is 2.72. The molecule has 16 heavy (non-hydrogen) atoms. The van der Waals surface area contributed by atoms with Crippen molar-refractivity contribution in [3.8, 4) is 0 Å². The summed E-state index contributed by atoms with van der Waals surface area (Å²) in [5.74, 6) is 1.33. The van der Waals surface area contributed by atoms with E-state index < -0.39 is 0 Å². The first-order valence-electron chi connectivity index (χ1n) is 6.18. The summed E-state index contributed by atoms with van der Waals surface area (Å²) in [5.41, 5.74) is 7.38. The Morgan fingerprint density at radius 3 is 3.00 bits per heavy atom. The Hall–Kier alpha value is -0.380. The second kappa shape index (κ2) is 5.30. The number of thiophene rings is 1. The highest BCUT2D eigenvalue weighted by Gasteiger charge is 2.21. The number of nitrogens with zero attached hydrogens (tertiary/aromatic N) is 1. The van der Waals surface area contributed by atoms with Crippen molar-refractivity contribution in [2.45, 2.75) is 26.8 Å². The number of hydrogen-bond donors (Lipinski definition) is 1. The van der Waals surface area contributed by atoms with Crippen molar-refractivity contribution in [1.29, 1.82) is 0 Å². The maximum atomic E-state index is 5.84. The molecule has 3 heteroatoms. The van der Waals surface area contributed by atoms with Gasteiger partial charge in [0.25, 0.3) is 0 Å². The minimum atomic E-state index is 0.639. The fourth-order valence-electron chi connectivity index (χ4n) is 2.35. The Kier molecular flexibility index (Phi) is 4.00. The zero-order chi connectivity index (χ0) is 11.5. The van der Waals surface area contributed by atoms with E-state index in [9.17, 15) is 0 Å².